The van der Waals surface area contributed by atoms with Crippen molar-refractivity contribution in [1.29, 1.82) is 5.26 Å². The van der Waals surface area contributed by atoms with Crippen LogP contribution in [0.4, 0.5) is 10.5 Å². The fourth-order valence-corrected chi connectivity index (χ4v) is 2.57. The summed E-state index contributed by atoms with van der Waals surface area (Å²) in [4.78, 5) is 14.0. The maximum absolute atomic E-state index is 11.7. The molecule has 0 bridgehead atoms. The fourth-order valence-electron chi connectivity index (χ4n) is 1.53. The van der Waals surface area contributed by atoms with E-state index >= 15 is 0 Å². The largest absolute Gasteiger partial charge is 0.449 e. The number of hydrogen-bond donors (Lipinski definition) is 0. The van der Waals surface area contributed by atoms with E-state index in [1.807, 2.05) is 24.3 Å². The number of nitriles is 1. The van der Waals surface area contributed by atoms with Gasteiger partial charge in [0.05, 0.1) is 18.4 Å². The van der Waals surface area contributed by atoms with E-state index in [0.29, 0.717) is 6.61 Å². The van der Waals surface area contributed by atoms with Gasteiger partial charge in [0.15, 0.2) is 5.37 Å². The first kappa shape index (κ1) is 10.8. The summed E-state index contributed by atoms with van der Waals surface area (Å²) in [6.45, 7) is 2.05. The van der Waals surface area contributed by atoms with E-state index in [4.69, 9.17) is 10.00 Å². The van der Waals surface area contributed by atoms with Gasteiger partial charge in [0.25, 0.3) is 0 Å². The molecule has 0 saturated carbocycles. The van der Waals surface area contributed by atoms with Gasteiger partial charge >= 0.3 is 6.09 Å². The molecule has 16 heavy (non-hydrogen) atoms. The number of ether oxygens (including phenoxy) is 1. The van der Waals surface area contributed by atoms with Gasteiger partial charge in [-0.05, 0) is 19.1 Å². The van der Waals surface area contributed by atoms with Crippen LogP contribution in [0, 0.1) is 11.3 Å². The number of amides is 1. The summed E-state index contributed by atoms with van der Waals surface area (Å²) in [5, 5.41) is 8.47. The number of benzene rings is 1. The second kappa shape index (κ2) is 4.45. The smallest absolute Gasteiger partial charge is 0.416 e. The van der Waals surface area contributed by atoms with E-state index in [0.717, 1.165) is 10.6 Å². The van der Waals surface area contributed by atoms with Crippen molar-refractivity contribution in [3.8, 4) is 6.07 Å². The van der Waals surface area contributed by atoms with E-state index in [2.05, 4.69) is 6.07 Å². The van der Waals surface area contributed by atoms with Gasteiger partial charge in [0, 0.05) is 4.90 Å². The van der Waals surface area contributed by atoms with Gasteiger partial charge in [-0.3, -0.25) is 4.90 Å². The molecule has 1 aliphatic rings. The van der Waals surface area contributed by atoms with Gasteiger partial charge in [0.2, 0.25) is 0 Å². The third-order valence-corrected chi connectivity index (χ3v) is 3.31. The Hall–Kier alpha value is -1.67. The Balaban J connectivity index is 2.35. The van der Waals surface area contributed by atoms with E-state index in [1.165, 1.54) is 16.7 Å². The minimum absolute atomic E-state index is 0.306. The van der Waals surface area contributed by atoms with Crippen LogP contribution in [0.15, 0.2) is 29.2 Å². The first-order chi connectivity index (χ1) is 7.77. The number of fused-ring (bicyclic) bond motifs is 1. The zero-order chi connectivity index (χ0) is 11.5. The van der Waals surface area contributed by atoms with Crippen molar-refractivity contribution in [2.45, 2.75) is 17.2 Å². The number of anilines is 1. The van der Waals surface area contributed by atoms with Gasteiger partial charge < -0.3 is 4.74 Å². The molecule has 0 N–H and O–H groups in total. The van der Waals surface area contributed by atoms with Crippen LogP contribution >= 0.6 is 11.8 Å². The molecule has 0 fully saturated rings. The minimum atomic E-state index is -0.531. The minimum Gasteiger partial charge on any atom is -0.449 e. The third-order valence-electron chi connectivity index (χ3n) is 2.17. The summed E-state index contributed by atoms with van der Waals surface area (Å²) in [6.07, 6.45) is -0.466. The number of rotatable bonds is 1. The highest BCUT2D eigenvalue weighted by Crippen LogP contribution is 2.43. The molecule has 1 amide bonds. The van der Waals surface area contributed by atoms with Gasteiger partial charge in [-0.25, -0.2) is 4.79 Å². The van der Waals surface area contributed by atoms with Crippen LogP contribution in [0.25, 0.3) is 0 Å². The average molecular weight is 234 g/mol. The first-order valence-electron chi connectivity index (χ1n) is 4.89. The Morgan fingerprint density at radius 1 is 1.62 bits per heavy atom. The van der Waals surface area contributed by atoms with Crippen molar-refractivity contribution in [1.82, 2.24) is 0 Å². The van der Waals surface area contributed by atoms with E-state index in [1.54, 1.807) is 6.92 Å². The van der Waals surface area contributed by atoms with Crippen molar-refractivity contribution >= 4 is 23.5 Å². The summed E-state index contributed by atoms with van der Waals surface area (Å²) < 4.78 is 4.94. The Labute approximate surface area is 97.8 Å². The number of carbonyl (C=O) groups is 1. The van der Waals surface area contributed by atoms with E-state index < -0.39 is 11.5 Å². The molecule has 4 nitrogen and oxygen atoms in total. The van der Waals surface area contributed by atoms with E-state index in [-0.39, 0.29) is 0 Å². The molecule has 0 spiro atoms. The maximum Gasteiger partial charge on any atom is 0.416 e. The number of hydrogen-bond acceptors (Lipinski definition) is 4. The Kier molecular flexibility index (Phi) is 3.02. The first-order valence-corrected chi connectivity index (χ1v) is 5.77. The molecule has 0 saturated heterocycles. The molecule has 1 heterocycles. The molecular weight excluding hydrogens is 224 g/mol. The molecular formula is C11H10N2O2S. The third kappa shape index (κ3) is 1.72. The standard InChI is InChI=1S/C11H10N2O2S/c1-2-15-11(14)13-8-5-3-4-6-9(8)16-10(13)7-12/h3-6,10H,2H2,1H3/t10-/m1/s1. The number of carbonyl (C=O) groups excluding carboxylic acids is 1. The van der Waals surface area contributed by atoms with Crippen molar-refractivity contribution < 1.29 is 9.53 Å². The SMILES string of the molecule is CCOC(=O)N1c2ccccc2S[C@@H]1C#N. The lowest BCUT2D eigenvalue weighted by Crippen LogP contribution is -2.35. The molecule has 0 radical (unpaired) electrons. The Morgan fingerprint density at radius 2 is 2.38 bits per heavy atom. The average Bonchev–Trinajstić information content (AvgIpc) is 2.67. The molecule has 1 aromatic rings. The second-order valence-electron chi connectivity index (χ2n) is 3.14. The van der Waals surface area contributed by atoms with Gasteiger partial charge in [-0.15, -0.1) is 0 Å². The fraction of sp³-hybridized carbons (Fsp3) is 0.273. The van der Waals surface area contributed by atoms with Crippen LogP contribution in [0.2, 0.25) is 0 Å². The summed E-state index contributed by atoms with van der Waals surface area (Å²) in [5.74, 6) is 0. The molecule has 1 aliphatic heterocycles. The molecule has 0 aliphatic carbocycles. The normalized spacial score (nSPS) is 17.8. The zero-order valence-electron chi connectivity index (χ0n) is 8.71. The van der Waals surface area contributed by atoms with Crippen LogP contribution < -0.4 is 4.90 Å². The molecule has 2 rings (SSSR count). The van der Waals surface area contributed by atoms with Crippen LogP contribution in [0.1, 0.15) is 6.92 Å². The van der Waals surface area contributed by atoms with Gasteiger partial charge in [-0.1, -0.05) is 23.9 Å². The lowest BCUT2D eigenvalue weighted by molar-refractivity contribution is 0.160. The van der Waals surface area contributed by atoms with Crippen molar-refractivity contribution in [3.05, 3.63) is 24.3 Å². The van der Waals surface area contributed by atoms with Crippen molar-refractivity contribution in [2.24, 2.45) is 0 Å². The zero-order valence-corrected chi connectivity index (χ0v) is 9.53. The topological polar surface area (TPSA) is 53.3 Å². The predicted molar refractivity (Wildman–Crippen MR) is 61.2 cm³/mol. The van der Waals surface area contributed by atoms with Gasteiger partial charge in [-0.2, -0.15) is 5.26 Å². The van der Waals surface area contributed by atoms with Gasteiger partial charge in [0.1, 0.15) is 0 Å². The Bertz CT molecular complexity index is 456. The second-order valence-corrected chi connectivity index (χ2v) is 4.26. The predicted octanol–water partition coefficient (Wildman–Crippen LogP) is 2.60. The highest BCUT2D eigenvalue weighted by molar-refractivity contribution is 8.00. The summed E-state index contributed by atoms with van der Waals surface area (Å²) in [7, 11) is 0. The van der Waals surface area contributed by atoms with Crippen LogP contribution in [-0.4, -0.2) is 18.1 Å². The summed E-state index contributed by atoms with van der Waals surface area (Å²) in [5.41, 5.74) is 0.748. The van der Waals surface area contributed by atoms with Crippen LogP contribution in [0.5, 0.6) is 0 Å². The Morgan fingerprint density at radius 3 is 3.06 bits per heavy atom. The molecule has 0 aromatic heterocycles. The number of thioether (sulfide) groups is 1. The number of nitrogens with zero attached hydrogens (tertiary/aromatic N) is 2. The summed E-state index contributed by atoms with van der Waals surface area (Å²) >= 11 is 1.36. The molecule has 82 valence electrons. The van der Waals surface area contributed by atoms with Crippen LogP contribution in [0.3, 0.4) is 0 Å². The van der Waals surface area contributed by atoms with Crippen LogP contribution in [-0.2, 0) is 4.74 Å². The molecule has 5 heteroatoms. The lowest BCUT2D eigenvalue weighted by atomic mass is 10.3. The monoisotopic (exact) mass is 234 g/mol. The molecule has 1 atom stereocenters. The lowest BCUT2D eigenvalue weighted by Gasteiger charge is -2.18. The number of para-hydroxylation sites is 1. The highest BCUT2D eigenvalue weighted by Gasteiger charge is 2.35. The summed E-state index contributed by atoms with van der Waals surface area (Å²) in [6, 6.07) is 9.52. The molecule has 0 unspecified atom stereocenters. The van der Waals surface area contributed by atoms with Crippen molar-refractivity contribution in [3.63, 3.8) is 0 Å². The quantitative estimate of drug-likeness (QED) is 0.749. The van der Waals surface area contributed by atoms with Crippen molar-refractivity contribution in [2.75, 3.05) is 11.5 Å². The maximum atomic E-state index is 11.7. The van der Waals surface area contributed by atoms with E-state index in [9.17, 15) is 4.79 Å². The highest BCUT2D eigenvalue weighted by atomic mass is 32.2. The molecule has 1 aromatic carbocycles.